The lowest BCUT2D eigenvalue weighted by Gasteiger charge is -1.91. The van der Waals surface area contributed by atoms with Crippen LogP contribution in [0.15, 0.2) is 80.7 Å². The van der Waals surface area contributed by atoms with Gasteiger partial charge in [0, 0.05) is 18.8 Å². The van der Waals surface area contributed by atoms with Crippen molar-refractivity contribution in [3.05, 3.63) is 91.8 Å². The number of esters is 3. The largest absolute Gasteiger partial charge is 0.466 e. The predicted octanol–water partition coefficient (Wildman–Crippen LogP) is 5.18. The summed E-state index contributed by atoms with van der Waals surface area (Å²) in [6.45, 7) is 20.6. The second-order valence-electron chi connectivity index (χ2n) is 5.75. The molecule has 0 atom stereocenters. The summed E-state index contributed by atoms with van der Waals surface area (Å²) >= 11 is 0. The number of carbonyl (C=O) groups excluding carboxylic acids is 3. The van der Waals surface area contributed by atoms with Crippen LogP contribution in [0.5, 0.6) is 0 Å². The van der Waals surface area contributed by atoms with Crippen LogP contribution >= 0.6 is 0 Å². The minimum Gasteiger partial charge on any atom is -0.466 e. The molecule has 34 heavy (non-hydrogen) atoms. The second kappa shape index (κ2) is 27.3. The van der Waals surface area contributed by atoms with Gasteiger partial charge in [-0.15, -0.1) is 6.58 Å². The summed E-state index contributed by atoms with van der Waals surface area (Å²) < 4.78 is 28.3. The summed E-state index contributed by atoms with van der Waals surface area (Å²) in [5.74, 6) is -2.82. The van der Waals surface area contributed by atoms with E-state index in [4.69, 9.17) is 0 Å². The molecule has 0 fully saturated rings. The van der Waals surface area contributed by atoms with Gasteiger partial charge in [0.25, 0.3) is 0 Å². The highest BCUT2D eigenvalue weighted by atomic mass is 19.1. The van der Waals surface area contributed by atoms with Crippen molar-refractivity contribution in [2.24, 2.45) is 0 Å². The van der Waals surface area contributed by atoms with Crippen molar-refractivity contribution in [1.82, 2.24) is 0 Å². The first kappa shape index (κ1) is 37.5. The first-order chi connectivity index (χ1) is 15.9. The predicted molar refractivity (Wildman–Crippen MR) is 135 cm³/mol. The zero-order valence-corrected chi connectivity index (χ0v) is 21.0. The fraction of sp³-hybridized carbons (Fsp3) is 0.269. The molecule has 190 valence electrons. The first-order valence-corrected chi connectivity index (χ1v) is 9.57. The molecule has 0 spiro atoms. The van der Waals surface area contributed by atoms with Crippen LogP contribution in [0.2, 0.25) is 0 Å². The SMILES string of the molecule is C=C(C)C(=O)OC.C=C(F)C(=O)OC.C=CC(=O)OC.C=CCOC.C=Cc1ccc(C)cc1. The van der Waals surface area contributed by atoms with E-state index < -0.39 is 17.8 Å². The monoisotopic (exact) mass is 480 g/mol. The van der Waals surface area contributed by atoms with Gasteiger partial charge in [-0.05, 0) is 19.4 Å². The van der Waals surface area contributed by atoms with Gasteiger partial charge in [0.15, 0.2) is 0 Å². The van der Waals surface area contributed by atoms with Gasteiger partial charge < -0.3 is 18.9 Å². The molecule has 0 aliphatic heterocycles. The van der Waals surface area contributed by atoms with E-state index in [9.17, 15) is 18.8 Å². The van der Waals surface area contributed by atoms with Crippen LogP contribution in [0.3, 0.4) is 0 Å². The van der Waals surface area contributed by atoms with Crippen LogP contribution in [0.4, 0.5) is 4.39 Å². The number of aryl methyl sites for hydroxylation is 1. The Kier molecular flexibility index (Phi) is 30.1. The van der Waals surface area contributed by atoms with Crippen LogP contribution in [0.25, 0.3) is 6.08 Å². The Morgan fingerprint density at radius 2 is 1.35 bits per heavy atom. The third-order valence-electron chi connectivity index (χ3n) is 2.91. The molecule has 1 aromatic carbocycles. The Bertz CT molecular complexity index is 740. The highest BCUT2D eigenvalue weighted by molar-refractivity contribution is 5.86. The molecule has 0 heterocycles. The van der Waals surface area contributed by atoms with Crippen LogP contribution in [0, 0.1) is 6.92 Å². The van der Waals surface area contributed by atoms with Crippen molar-refractivity contribution in [3.63, 3.8) is 0 Å². The van der Waals surface area contributed by atoms with Crippen LogP contribution < -0.4 is 0 Å². The number of rotatable bonds is 6. The molecule has 0 amide bonds. The average molecular weight is 481 g/mol. The minimum atomic E-state index is -1.07. The number of hydrogen-bond acceptors (Lipinski definition) is 7. The van der Waals surface area contributed by atoms with Gasteiger partial charge in [0.1, 0.15) is 0 Å². The standard InChI is InChI=1S/C9H10.C5H8O2.C4H5FO2.C4H6O2.C4H8O/c1-3-9-6-4-8(2)5-7-9;1-4(2)5(6)7-3;1-3(5)4(6)7-2;1-3-4(5)6-2;1-3-4-5-2/h3-7H,1H2,2H3;1H2,2-3H3;1H2,2H3;3H,1H2,2H3;3H,1,4H2,2H3. The van der Waals surface area contributed by atoms with E-state index in [1.165, 1.54) is 25.3 Å². The van der Waals surface area contributed by atoms with E-state index >= 15 is 0 Å². The van der Waals surface area contributed by atoms with Gasteiger partial charge >= 0.3 is 17.9 Å². The summed E-state index contributed by atoms with van der Waals surface area (Å²) in [4.78, 5) is 29.8. The van der Waals surface area contributed by atoms with Gasteiger partial charge in [-0.3, -0.25) is 0 Å². The van der Waals surface area contributed by atoms with Crippen molar-refractivity contribution in [2.45, 2.75) is 13.8 Å². The van der Waals surface area contributed by atoms with Crippen molar-refractivity contribution in [3.8, 4) is 0 Å². The van der Waals surface area contributed by atoms with E-state index in [0.717, 1.165) is 13.2 Å². The summed E-state index contributed by atoms with van der Waals surface area (Å²) in [7, 11) is 5.37. The maximum Gasteiger partial charge on any atom is 0.366 e. The van der Waals surface area contributed by atoms with Crippen molar-refractivity contribution in [1.29, 1.82) is 0 Å². The molecule has 0 aliphatic carbocycles. The minimum absolute atomic E-state index is 0.347. The van der Waals surface area contributed by atoms with Gasteiger partial charge in [-0.25, -0.2) is 14.4 Å². The Morgan fingerprint density at radius 1 is 0.882 bits per heavy atom. The normalized spacial score (nSPS) is 7.85. The van der Waals surface area contributed by atoms with E-state index in [0.29, 0.717) is 12.2 Å². The van der Waals surface area contributed by atoms with Gasteiger partial charge in [-0.2, -0.15) is 4.39 Å². The molecule has 0 N–H and O–H groups in total. The Hall–Kier alpha value is -3.78. The van der Waals surface area contributed by atoms with E-state index in [1.807, 2.05) is 6.08 Å². The number of benzene rings is 1. The molecular weight excluding hydrogens is 443 g/mol. The summed E-state index contributed by atoms with van der Waals surface area (Å²) in [5, 5.41) is 0. The number of ether oxygens (including phenoxy) is 4. The first-order valence-electron chi connectivity index (χ1n) is 9.57. The van der Waals surface area contributed by atoms with Gasteiger partial charge in [0.05, 0.1) is 27.9 Å². The highest BCUT2D eigenvalue weighted by Gasteiger charge is 2.01. The highest BCUT2D eigenvalue weighted by Crippen LogP contribution is 2.02. The number of hydrogen-bond donors (Lipinski definition) is 0. The molecule has 0 saturated heterocycles. The molecule has 0 bridgehead atoms. The van der Waals surface area contributed by atoms with Gasteiger partial charge in [-0.1, -0.05) is 68.3 Å². The van der Waals surface area contributed by atoms with E-state index in [2.05, 4.69) is 83.0 Å². The van der Waals surface area contributed by atoms with Gasteiger partial charge in [0.2, 0.25) is 5.83 Å². The Labute approximate surface area is 202 Å². The van der Waals surface area contributed by atoms with E-state index in [1.54, 1.807) is 20.1 Å². The maximum absolute atomic E-state index is 11.4. The zero-order valence-electron chi connectivity index (χ0n) is 21.0. The van der Waals surface area contributed by atoms with Crippen LogP contribution in [-0.2, 0) is 33.3 Å². The number of halogens is 1. The topological polar surface area (TPSA) is 88.1 Å². The lowest BCUT2D eigenvalue weighted by Crippen LogP contribution is -1.98. The van der Waals surface area contributed by atoms with Crippen molar-refractivity contribution in [2.75, 3.05) is 35.0 Å². The second-order valence-corrected chi connectivity index (χ2v) is 5.75. The summed E-state index contributed by atoms with van der Waals surface area (Å²) in [5.41, 5.74) is 2.91. The lowest BCUT2D eigenvalue weighted by molar-refractivity contribution is -0.138. The molecule has 8 heteroatoms. The summed E-state index contributed by atoms with van der Waals surface area (Å²) in [6, 6.07) is 8.28. The zero-order chi connectivity index (χ0) is 27.5. The van der Waals surface area contributed by atoms with Crippen molar-refractivity contribution >= 4 is 24.0 Å². The fourth-order valence-corrected chi connectivity index (χ4v) is 1.19. The lowest BCUT2D eigenvalue weighted by atomic mass is 10.2. The quantitative estimate of drug-likeness (QED) is 0.240. The molecule has 0 saturated carbocycles. The fourth-order valence-electron chi connectivity index (χ4n) is 1.19. The molecule has 0 radical (unpaired) electrons. The van der Waals surface area contributed by atoms with Crippen LogP contribution in [-0.4, -0.2) is 53.0 Å². The average Bonchev–Trinajstić information content (AvgIpc) is 2.84. The van der Waals surface area contributed by atoms with Crippen molar-refractivity contribution < 1.29 is 37.7 Å². The maximum atomic E-state index is 11.4. The molecule has 1 rings (SSSR count). The smallest absolute Gasteiger partial charge is 0.366 e. The molecule has 0 aliphatic rings. The number of carbonyl (C=O) groups is 3. The third kappa shape index (κ3) is 30.4. The Morgan fingerprint density at radius 3 is 1.47 bits per heavy atom. The molecule has 0 aromatic heterocycles. The molecule has 0 unspecified atom stereocenters. The molecule has 1 aromatic rings. The number of methoxy groups -OCH3 is 4. The summed E-state index contributed by atoms with van der Waals surface area (Å²) in [6.07, 6.45) is 4.67. The van der Waals surface area contributed by atoms with E-state index in [-0.39, 0.29) is 5.97 Å². The molecule has 7 nitrogen and oxygen atoms in total. The van der Waals surface area contributed by atoms with Crippen LogP contribution in [0.1, 0.15) is 18.1 Å². The third-order valence-corrected chi connectivity index (χ3v) is 2.91. The molecular formula is C26H37FO7. The Balaban J connectivity index is -0.000000168.